The Labute approximate surface area is 209 Å². The molecule has 3 rings (SSSR count). The summed E-state index contributed by atoms with van der Waals surface area (Å²) >= 11 is 5.94. The summed E-state index contributed by atoms with van der Waals surface area (Å²) in [5.74, 6) is 0.812. The molecule has 0 radical (unpaired) electrons. The number of hydrogen-bond acceptors (Lipinski definition) is 6. The first-order valence-corrected chi connectivity index (χ1v) is 11.6. The summed E-state index contributed by atoms with van der Waals surface area (Å²) in [4.78, 5) is 17.4. The fraction of sp³-hybridized carbons (Fsp3) is 0.333. The first kappa shape index (κ1) is 26.4. The molecule has 0 aliphatic rings. The number of hydrogen-bond donors (Lipinski definition) is 1. The van der Waals surface area contributed by atoms with Gasteiger partial charge in [0.2, 0.25) is 0 Å². The van der Waals surface area contributed by atoms with E-state index in [1.54, 1.807) is 37.3 Å². The summed E-state index contributed by atoms with van der Waals surface area (Å²) in [5, 5.41) is 11.1. The van der Waals surface area contributed by atoms with Crippen LogP contribution in [0.2, 0.25) is 5.02 Å². The molecule has 0 fully saturated rings. The molecule has 6 nitrogen and oxygen atoms in total. The van der Waals surface area contributed by atoms with Crippen molar-refractivity contribution in [3.05, 3.63) is 70.6 Å². The van der Waals surface area contributed by atoms with Crippen LogP contribution in [-0.2, 0) is 5.60 Å². The summed E-state index contributed by atoms with van der Waals surface area (Å²) in [5.41, 5.74) is 0.355. The Morgan fingerprint density at radius 1 is 1.06 bits per heavy atom. The molecule has 8 heteroatoms. The maximum absolute atomic E-state index is 13.6. The molecule has 0 spiro atoms. The van der Waals surface area contributed by atoms with Crippen molar-refractivity contribution in [2.75, 3.05) is 20.8 Å². The van der Waals surface area contributed by atoms with Crippen LogP contribution in [0.25, 0.3) is 11.3 Å². The zero-order chi connectivity index (χ0) is 25.6. The predicted octanol–water partition coefficient (Wildman–Crippen LogP) is 6.22. The van der Waals surface area contributed by atoms with Gasteiger partial charge in [-0.05, 0) is 68.3 Å². The SMILES string of the molecule is CCCOc1ccc(C(=O)CCC(C)(O)c2ccc(OC)c(-c3ccc(F)c(Cl)c3)n2)cc1OC. The molecule has 1 aromatic heterocycles. The van der Waals surface area contributed by atoms with Gasteiger partial charge in [-0.25, -0.2) is 9.37 Å². The number of rotatable bonds is 11. The molecular weight excluding hydrogens is 473 g/mol. The Balaban J connectivity index is 1.80. The highest BCUT2D eigenvalue weighted by Crippen LogP contribution is 2.35. The molecule has 1 atom stereocenters. The summed E-state index contributed by atoms with van der Waals surface area (Å²) in [6.45, 7) is 4.15. The number of benzene rings is 2. The van der Waals surface area contributed by atoms with Gasteiger partial charge in [-0.1, -0.05) is 18.5 Å². The van der Waals surface area contributed by atoms with Crippen LogP contribution in [0.15, 0.2) is 48.5 Å². The Morgan fingerprint density at radius 2 is 1.77 bits per heavy atom. The lowest BCUT2D eigenvalue weighted by atomic mass is 9.92. The molecule has 1 heterocycles. The lowest BCUT2D eigenvalue weighted by Gasteiger charge is -2.24. The molecule has 0 saturated heterocycles. The highest BCUT2D eigenvalue weighted by Gasteiger charge is 2.28. The lowest BCUT2D eigenvalue weighted by molar-refractivity contribution is 0.0397. The van der Waals surface area contributed by atoms with Crippen LogP contribution in [-0.4, -0.2) is 36.7 Å². The first-order valence-electron chi connectivity index (χ1n) is 11.3. The number of ketones is 1. The van der Waals surface area contributed by atoms with Crippen LogP contribution >= 0.6 is 11.6 Å². The molecule has 0 aliphatic heterocycles. The second-order valence-electron chi connectivity index (χ2n) is 8.29. The number of methoxy groups -OCH3 is 2. The van der Waals surface area contributed by atoms with Gasteiger partial charge in [0.25, 0.3) is 0 Å². The molecule has 2 aromatic carbocycles. The Kier molecular flexibility index (Phi) is 8.70. The fourth-order valence-corrected chi connectivity index (χ4v) is 3.74. The van der Waals surface area contributed by atoms with E-state index in [4.69, 9.17) is 25.8 Å². The standard InChI is InChI=1S/C27H29ClFNO5/c1-5-14-35-22-9-7-17(16-24(22)34-4)21(31)12-13-27(2,32)25-11-10-23(33-3)26(30-25)18-6-8-20(29)19(28)15-18/h6-11,15-16,32H,5,12-14H2,1-4H3. The molecule has 35 heavy (non-hydrogen) atoms. The van der Waals surface area contributed by atoms with Gasteiger partial charge in [0.05, 0.1) is 31.5 Å². The zero-order valence-electron chi connectivity index (χ0n) is 20.2. The second kappa shape index (κ2) is 11.5. The Morgan fingerprint density at radius 3 is 2.43 bits per heavy atom. The number of carbonyl (C=O) groups excluding carboxylic acids is 1. The van der Waals surface area contributed by atoms with Crippen LogP contribution in [0.4, 0.5) is 4.39 Å². The largest absolute Gasteiger partial charge is 0.494 e. The molecule has 3 aromatic rings. The van der Waals surface area contributed by atoms with E-state index in [-0.39, 0.29) is 23.6 Å². The van der Waals surface area contributed by atoms with Crippen molar-refractivity contribution in [2.45, 2.75) is 38.7 Å². The quantitative estimate of drug-likeness (QED) is 0.314. The van der Waals surface area contributed by atoms with Crippen LogP contribution in [0.1, 0.15) is 49.2 Å². The van der Waals surface area contributed by atoms with Crippen molar-refractivity contribution in [1.82, 2.24) is 4.98 Å². The monoisotopic (exact) mass is 501 g/mol. The van der Waals surface area contributed by atoms with Gasteiger partial charge in [0, 0.05) is 17.5 Å². The topological polar surface area (TPSA) is 77.9 Å². The van der Waals surface area contributed by atoms with Crippen molar-refractivity contribution < 1.29 is 28.5 Å². The Bertz CT molecular complexity index is 1200. The highest BCUT2D eigenvalue weighted by atomic mass is 35.5. The normalized spacial score (nSPS) is 12.7. The smallest absolute Gasteiger partial charge is 0.163 e. The third-order valence-corrected chi connectivity index (χ3v) is 5.90. The molecule has 0 aliphatic carbocycles. The van der Waals surface area contributed by atoms with Gasteiger partial charge in [-0.2, -0.15) is 0 Å². The molecule has 0 amide bonds. The fourth-order valence-electron chi connectivity index (χ4n) is 3.56. The van der Waals surface area contributed by atoms with Crippen molar-refractivity contribution in [3.8, 4) is 28.5 Å². The maximum atomic E-state index is 13.6. The second-order valence-corrected chi connectivity index (χ2v) is 8.69. The molecule has 0 bridgehead atoms. The summed E-state index contributed by atoms with van der Waals surface area (Å²) in [6.07, 6.45) is 1.07. The van der Waals surface area contributed by atoms with E-state index < -0.39 is 11.4 Å². The minimum Gasteiger partial charge on any atom is -0.494 e. The van der Waals surface area contributed by atoms with Gasteiger partial charge in [-0.3, -0.25) is 4.79 Å². The van der Waals surface area contributed by atoms with E-state index in [1.165, 1.54) is 32.4 Å². The van der Waals surface area contributed by atoms with Gasteiger partial charge in [0.15, 0.2) is 17.3 Å². The maximum Gasteiger partial charge on any atom is 0.163 e. The van der Waals surface area contributed by atoms with Crippen molar-refractivity contribution in [2.24, 2.45) is 0 Å². The third kappa shape index (κ3) is 6.29. The number of pyridine rings is 1. The average Bonchev–Trinajstić information content (AvgIpc) is 2.87. The van der Waals surface area contributed by atoms with Gasteiger partial charge >= 0.3 is 0 Å². The van der Waals surface area contributed by atoms with Crippen molar-refractivity contribution >= 4 is 17.4 Å². The molecule has 0 saturated carbocycles. The summed E-state index contributed by atoms with van der Waals surface area (Å²) in [7, 11) is 3.02. The van der Waals surface area contributed by atoms with Gasteiger partial charge in [-0.15, -0.1) is 0 Å². The summed E-state index contributed by atoms with van der Waals surface area (Å²) in [6, 6.07) is 12.6. The van der Waals surface area contributed by atoms with E-state index >= 15 is 0 Å². The molecule has 1 N–H and O–H groups in total. The van der Waals surface area contributed by atoms with Crippen molar-refractivity contribution in [3.63, 3.8) is 0 Å². The van der Waals surface area contributed by atoms with Gasteiger partial charge in [0.1, 0.15) is 22.9 Å². The zero-order valence-corrected chi connectivity index (χ0v) is 21.0. The average molecular weight is 502 g/mol. The molecular formula is C27H29ClFNO5. The number of aliphatic hydroxyl groups is 1. The number of nitrogens with zero attached hydrogens (tertiary/aromatic N) is 1. The minimum absolute atomic E-state index is 0.0457. The Hall–Kier alpha value is -3.16. The number of ether oxygens (including phenoxy) is 3. The van der Waals surface area contributed by atoms with Crippen LogP contribution in [0, 0.1) is 5.82 Å². The van der Waals surface area contributed by atoms with E-state index in [2.05, 4.69) is 4.98 Å². The number of aromatic nitrogens is 1. The number of Topliss-reactive ketones (excluding diaryl/α,β-unsaturated/α-hetero) is 1. The van der Waals surface area contributed by atoms with Crippen LogP contribution in [0.5, 0.6) is 17.2 Å². The summed E-state index contributed by atoms with van der Waals surface area (Å²) < 4.78 is 30.0. The number of halogens is 2. The van der Waals surface area contributed by atoms with Gasteiger partial charge < -0.3 is 19.3 Å². The lowest BCUT2D eigenvalue weighted by Crippen LogP contribution is -2.24. The van der Waals surface area contributed by atoms with E-state index in [0.717, 1.165) is 6.42 Å². The molecule has 1 unspecified atom stereocenters. The van der Waals surface area contributed by atoms with E-state index in [1.807, 2.05) is 6.92 Å². The predicted molar refractivity (Wildman–Crippen MR) is 133 cm³/mol. The van der Waals surface area contributed by atoms with E-state index in [9.17, 15) is 14.3 Å². The van der Waals surface area contributed by atoms with E-state index in [0.29, 0.717) is 46.4 Å². The number of carbonyl (C=O) groups is 1. The van der Waals surface area contributed by atoms with Crippen molar-refractivity contribution in [1.29, 1.82) is 0 Å². The minimum atomic E-state index is -1.41. The van der Waals surface area contributed by atoms with Crippen LogP contribution in [0.3, 0.4) is 0 Å². The highest BCUT2D eigenvalue weighted by molar-refractivity contribution is 6.31. The third-order valence-electron chi connectivity index (χ3n) is 5.61. The molecule has 186 valence electrons. The van der Waals surface area contributed by atoms with Crippen LogP contribution < -0.4 is 14.2 Å². The first-order chi connectivity index (χ1) is 16.7.